The molecule has 1 atom stereocenters. The van der Waals surface area contributed by atoms with Crippen molar-refractivity contribution in [2.24, 2.45) is 0 Å². The molecule has 1 aromatic carbocycles. The van der Waals surface area contributed by atoms with Crippen LogP contribution in [0, 0.1) is 11.3 Å². The van der Waals surface area contributed by atoms with Crippen molar-refractivity contribution in [3.63, 3.8) is 0 Å². The normalized spacial score (nSPS) is 21.8. The predicted molar refractivity (Wildman–Crippen MR) is 121 cm³/mol. The molecule has 4 rings (SSSR count). The van der Waals surface area contributed by atoms with E-state index < -0.39 is 32.2 Å². The Morgan fingerprint density at radius 2 is 1.79 bits per heavy atom. The molecule has 0 aliphatic carbocycles. The van der Waals surface area contributed by atoms with Gasteiger partial charge >= 0.3 is 5.97 Å². The number of nitriles is 1. The number of hydrogen-bond acceptors (Lipinski definition) is 6. The summed E-state index contributed by atoms with van der Waals surface area (Å²) < 4.78 is 54.6. The molecule has 0 spiro atoms. The van der Waals surface area contributed by atoms with E-state index in [0.717, 1.165) is 16.1 Å². The molecular weight excluding hydrogens is 468 g/mol. The SMILES string of the molecule is CS(=O)(=O)n1cc(C2CCN(S(=O)(=O)N3CCCCC3C(=O)O)CC2)c2cc(C#N)ccc21. The van der Waals surface area contributed by atoms with Crippen molar-refractivity contribution < 1.29 is 26.7 Å². The molecule has 2 aliphatic heterocycles. The van der Waals surface area contributed by atoms with Crippen molar-refractivity contribution in [2.45, 2.75) is 44.1 Å². The Hall–Kier alpha value is -2.46. The van der Waals surface area contributed by atoms with Crippen molar-refractivity contribution in [1.82, 2.24) is 12.6 Å². The molecule has 33 heavy (non-hydrogen) atoms. The summed E-state index contributed by atoms with van der Waals surface area (Å²) in [5, 5.41) is 19.4. The molecule has 2 aromatic rings. The van der Waals surface area contributed by atoms with E-state index in [-0.39, 0.29) is 25.6 Å². The Balaban J connectivity index is 1.60. The lowest BCUT2D eigenvalue weighted by Crippen LogP contribution is -2.54. The van der Waals surface area contributed by atoms with Gasteiger partial charge in [-0.1, -0.05) is 0 Å². The number of hydrogen-bond donors (Lipinski definition) is 1. The van der Waals surface area contributed by atoms with E-state index in [1.807, 2.05) is 0 Å². The van der Waals surface area contributed by atoms with Crippen LogP contribution < -0.4 is 0 Å². The maximum absolute atomic E-state index is 13.2. The van der Waals surface area contributed by atoms with Crippen LogP contribution in [0.2, 0.25) is 0 Å². The Kier molecular flexibility index (Phi) is 6.26. The van der Waals surface area contributed by atoms with Crippen molar-refractivity contribution in [1.29, 1.82) is 5.26 Å². The van der Waals surface area contributed by atoms with Crippen LogP contribution in [0.3, 0.4) is 0 Å². The van der Waals surface area contributed by atoms with Gasteiger partial charge in [0.1, 0.15) is 6.04 Å². The molecule has 0 amide bonds. The summed E-state index contributed by atoms with van der Waals surface area (Å²) in [5.41, 5.74) is 1.67. The lowest BCUT2D eigenvalue weighted by molar-refractivity contribution is -0.142. The quantitative estimate of drug-likeness (QED) is 0.667. The van der Waals surface area contributed by atoms with E-state index in [1.165, 1.54) is 8.28 Å². The van der Waals surface area contributed by atoms with Crippen LogP contribution in [0.25, 0.3) is 10.9 Å². The largest absolute Gasteiger partial charge is 0.480 e. The van der Waals surface area contributed by atoms with Gasteiger partial charge in [-0.2, -0.15) is 22.3 Å². The van der Waals surface area contributed by atoms with Gasteiger partial charge in [-0.25, -0.2) is 12.4 Å². The first-order valence-corrected chi connectivity index (χ1v) is 14.0. The van der Waals surface area contributed by atoms with E-state index >= 15 is 0 Å². The fourth-order valence-corrected chi connectivity index (χ4v) is 7.54. The molecule has 2 fully saturated rings. The van der Waals surface area contributed by atoms with Crippen LogP contribution in [-0.2, 0) is 25.0 Å². The Morgan fingerprint density at radius 3 is 2.39 bits per heavy atom. The molecule has 0 bridgehead atoms. The van der Waals surface area contributed by atoms with E-state index in [1.54, 1.807) is 24.4 Å². The lowest BCUT2D eigenvalue weighted by atomic mass is 9.90. The van der Waals surface area contributed by atoms with Crippen LogP contribution in [-0.4, -0.2) is 72.4 Å². The molecule has 0 radical (unpaired) electrons. The summed E-state index contributed by atoms with van der Waals surface area (Å²) in [6.45, 7) is 0.608. The van der Waals surface area contributed by atoms with E-state index in [0.29, 0.717) is 48.6 Å². The summed E-state index contributed by atoms with van der Waals surface area (Å²) in [4.78, 5) is 11.6. The van der Waals surface area contributed by atoms with Gasteiger partial charge in [0.15, 0.2) is 0 Å². The lowest BCUT2D eigenvalue weighted by Gasteiger charge is -2.38. The summed E-state index contributed by atoms with van der Waals surface area (Å²) in [7, 11) is -7.48. The smallest absolute Gasteiger partial charge is 0.322 e. The van der Waals surface area contributed by atoms with Crippen LogP contribution in [0.4, 0.5) is 0 Å². The summed E-state index contributed by atoms with van der Waals surface area (Å²) in [6.07, 6.45) is 5.22. The second-order valence-corrected chi connectivity index (χ2v) is 12.4. The van der Waals surface area contributed by atoms with Gasteiger partial charge in [-0.15, -0.1) is 0 Å². The van der Waals surface area contributed by atoms with Gasteiger partial charge < -0.3 is 5.11 Å². The molecule has 2 saturated heterocycles. The van der Waals surface area contributed by atoms with Gasteiger partial charge in [0.05, 0.1) is 23.4 Å². The molecular formula is C21H26N4O6S2. The third kappa shape index (κ3) is 4.38. The first-order valence-electron chi connectivity index (χ1n) is 10.8. The second-order valence-electron chi connectivity index (χ2n) is 8.63. The average Bonchev–Trinajstić information content (AvgIpc) is 3.18. The number of piperidine rings is 2. The first kappa shape index (κ1) is 23.7. The van der Waals surface area contributed by atoms with Crippen molar-refractivity contribution >= 4 is 37.1 Å². The Bertz CT molecular complexity index is 1330. The number of nitrogens with zero attached hydrogens (tertiary/aromatic N) is 4. The van der Waals surface area contributed by atoms with Crippen LogP contribution in [0.15, 0.2) is 24.4 Å². The zero-order chi connectivity index (χ0) is 24.0. The molecule has 1 N–H and O–H groups in total. The highest BCUT2D eigenvalue weighted by Crippen LogP contribution is 2.37. The minimum Gasteiger partial charge on any atom is -0.480 e. The number of benzene rings is 1. The highest BCUT2D eigenvalue weighted by molar-refractivity contribution is 7.89. The summed E-state index contributed by atoms with van der Waals surface area (Å²) in [5.74, 6) is -1.22. The monoisotopic (exact) mass is 494 g/mol. The summed E-state index contributed by atoms with van der Waals surface area (Å²) >= 11 is 0. The number of carbonyl (C=O) groups is 1. The third-order valence-corrected chi connectivity index (χ3v) is 9.61. The number of fused-ring (bicyclic) bond motifs is 1. The molecule has 1 unspecified atom stereocenters. The Labute approximate surface area is 193 Å². The second kappa shape index (κ2) is 8.72. The number of carboxylic acid groups (broad SMARTS) is 1. The van der Waals surface area contributed by atoms with Gasteiger partial charge in [-0.05, 0) is 61.8 Å². The van der Waals surface area contributed by atoms with E-state index in [9.17, 15) is 32.0 Å². The maximum atomic E-state index is 13.2. The standard InChI is InChI=1S/C21H26N4O6S2/c1-32(28,29)25-14-18(17-12-15(13-22)5-6-19(17)25)16-7-10-23(11-8-16)33(30,31)24-9-3-2-4-20(24)21(26)27/h5-6,12,14,16,20H,2-4,7-11H2,1H3,(H,26,27). The minimum atomic E-state index is -3.91. The highest BCUT2D eigenvalue weighted by Gasteiger charge is 2.41. The zero-order valence-electron chi connectivity index (χ0n) is 18.2. The molecule has 0 saturated carbocycles. The van der Waals surface area contributed by atoms with Crippen molar-refractivity contribution in [3.8, 4) is 6.07 Å². The molecule has 178 valence electrons. The van der Waals surface area contributed by atoms with Gasteiger partial charge in [0.25, 0.3) is 10.2 Å². The molecule has 3 heterocycles. The van der Waals surface area contributed by atoms with Crippen LogP contribution in [0.1, 0.15) is 49.1 Å². The minimum absolute atomic E-state index is 0.0903. The van der Waals surface area contributed by atoms with Gasteiger partial charge in [0, 0.05) is 31.2 Å². The van der Waals surface area contributed by atoms with Gasteiger partial charge in [-0.3, -0.25) is 4.79 Å². The number of carboxylic acids is 1. The van der Waals surface area contributed by atoms with Crippen molar-refractivity contribution in [3.05, 3.63) is 35.5 Å². The topological polar surface area (TPSA) is 141 Å². The third-order valence-electron chi connectivity index (χ3n) is 6.54. The predicted octanol–water partition coefficient (Wildman–Crippen LogP) is 1.68. The molecule has 1 aromatic heterocycles. The number of aliphatic carboxylic acids is 1. The maximum Gasteiger partial charge on any atom is 0.322 e. The zero-order valence-corrected chi connectivity index (χ0v) is 19.8. The van der Waals surface area contributed by atoms with Gasteiger partial charge in [0.2, 0.25) is 10.0 Å². The van der Waals surface area contributed by atoms with E-state index in [2.05, 4.69) is 6.07 Å². The number of rotatable bonds is 5. The molecule has 10 nitrogen and oxygen atoms in total. The van der Waals surface area contributed by atoms with Crippen LogP contribution in [0.5, 0.6) is 0 Å². The fourth-order valence-electron chi connectivity index (χ4n) is 4.87. The summed E-state index contributed by atoms with van der Waals surface area (Å²) in [6, 6.07) is 5.88. The average molecular weight is 495 g/mol. The Morgan fingerprint density at radius 1 is 1.09 bits per heavy atom. The number of aromatic nitrogens is 1. The van der Waals surface area contributed by atoms with Crippen LogP contribution >= 0.6 is 0 Å². The highest BCUT2D eigenvalue weighted by atomic mass is 32.2. The molecule has 2 aliphatic rings. The van der Waals surface area contributed by atoms with E-state index in [4.69, 9.17) is 0 Å². The molecule has 12 heteroatoms. The first-order chi connectivity index (χ1) is 15.5. The van der Waals surface area contributed by atoms with Crippen molar-refractivity contribution in [2.75, 3.05) is 25.9 Å². The fraction of sp³-hybridized carbons (Fsp3) is 0.524.